The van der Waals surface area contributed by atoms with Crippen LogP contribution in [0, 0.1) is 5.92 Å². The van der Waals surface area contributed by atoms with Gasteiger partial charge >= 0.3 is 40.0 Å². The van der Waals surface area contributed by atoms with Crippen molar-refractivity contribution in [3.05, 3.63) is 45.3 Å². The van der Waals surface area contributed by atoms with Gasteiger partial charge in [-0.05, 0) is 45.1 Å². The third-order valence-electron chi connectivity index (χ3n) is 12.0. The molecule has 3 aliphatic heterocycles. The number of esters is 2. The van der Waals surface area contributed by atoms with E-state index in [1.54, 1.807) is 6.92 Å². The largest absolute Gasteiger partial charge is 0.481 e. The van der Waals surface area contributed by atoms with Crippen LogP contribution in [0.4, 0.5) is 0 Å². The third kappa shape index (κ3) is 15.9. The molecular formula is C42H65N5O21S. The number of carbonyl (C=O) groups excluding carboxylic acids is 3. The Balaban J connectivity index is 1.66. The molecule has 0 aliphatic carbocycles. The first-order valence-electron chi connectivity index (χ1n) is 22.6. The van der Waals surface area contributed by atoms with Crippen molar-refractivity contribution in [1.82, 2.24) is 19.4 Å². The number of hydrogen-bond acceptors (Lipinski definition) is 20. The number of amides is 1. The molecule has 0 aromatic carbocycles. The summed E-state index contributed by atoms with van der Waals surface area (Å²) in [6, 6.07) is -2.90. The van der Waals surface area contributed by atoms with Crippen molar-refractivity contribution in [1.29, 1.82) is 0 Å². The van der Waals surface area contributed by atoms with Crippen LogP contribution in [0.2, 0.25) is 0 Å². The molecule has 0 spiro atoms. The highest BCUT2D eigenvalue weighted by atomic mass is 32.3. The number of aliphatic carboxylic acids is 2. The van der Waals surface area contributed by atoms with Crippen LogP contribution in [-0.4, -0.2) is 188 Å². The van der Waals surface area contributed by atoms with Crippen LogP contribution in [0.3, 0.4) is 0 Å². The van der Waals surface area contributed by atoms with E-state index in [1.807, 2.05) is 17.1 Å². The Kier molecular flexibility index (Phi) is 21.4. The van der Waals surface area contributed by atoms with Gasteiger partial charge in [0.2, 0.25) is 5.91 Å². The van der Waals surface area contributed by atoms with Gasteiger partial charge in [-0.2, -0.15) is 8.42 Å². The van der Waals surface area contributed by atoms with Gasteiger partial charge in [0.1, 0.15) is 54.9 Å². The Bertz CT molecular complexity index is 2170. The van der Waals surface area contributed by atoms with Crippen LogP contribution < -0.4 is 17.0 Å². The van der Waals surface area contributed by atoms with Crippen molar-refractivity contribution in [2.24, 2.45) is 11.7 Å². The van der Waals surface area contributed by atoms with Crippen molar-refractivity contribution in [3.8, 4) is 0 Å². The fraction of sp³-hybridized carbons (Fsp3) is 0.738. The summed E-state index contributed by atoms with van der Waals surface area (Å²) in [5.74, 6) is -6.33. The van der Waals surface area contributed by atoms with Crippen molar-refractivity contribution >= 4 is 40.2 Å². The summed E-state index contributed by atoms with van der Waals surface area (Å²) in [6.07, 6.45) is -10.0. The summed E-state index contributed by atoms with van der Waals surface area (Å²) in [6.45, 7) is 2.57. The first-order valence-corrected chi connectivity index (χ1v) is 24.0. The number of aromatic nitrogens is 2. The summed E-state index contributed by atoms with van der Waals surface area (Å²) in [7, 11) is -3.08. The highest BCUT2D eigenvalue weighted by Crippen LogP contribution is 2.37. The molecule has 0 saturated carbocycles. The van der Waals surface area contributed by atoms with Crippen LogP contribution in [0.1, 0.15) is 90.7 Å². The van der Waals surface area contributed by atoms with Crippen LogP contribution in [0.15, 0.2) is 34.0 Å². The van der Waals surface area contributed by atoms with E-state index in [1.165, 1.54) is 7.05 Å². The quantitative estimate of drug-likeness (QED) is 0.0224. The van der Waals surface area contributed by atoms with Gasteiger partial charge in [-0.15, -0.1) is 0 Å². The van der Waals surface area contributed by atoms with Crippen molar-refractivity contribution in [3.63, 3.8) is 0 Å². The van der Waals surface area contributed by atoms with E-state index < -0.39 is 156 Å². The van der Waals surface area contributed by atoms with Crippen molar-refractivity contribution in [2.75, 3.05) is 27.2 Å². The monoisotopic (exact) mass is 1010 g/mol. The van der Waals surface area contributed by atoms with E-state index in [4.69, 9.17) is 29.4 Å². The molecule has 69 heavy (non-hydrogen) atoms. The highest BCUT2D eigenvalue weighted by molar-refractivity contribution is 7.80. The number of hydrogen-bond donors (Lipinski definition) is 8. The normalized spacial score (nSPS) is 29.1. The van der Waals surface area contributed by atoms with Gasteiger partial charge in [-0.25, -0.2) is 13.8 Å². The molecule has 9 N–H and O–H groups in total. The Labute approximate surface area is 397 Å². The van der Waals surface area contributed by atoms with Gasteiger partial charge in [0.05, 0.1) is 6.42 Å². The molecular weight excluding hydrogens is 943 g/mol. The summed E-state index contributed by atoms with van der Waals surface area (Å²) in [5.41, 5.74) is 3.78. The molecule has 390 valence electrons. The average molecular weight is 1010 g/mol. The second-order valence-electron chi connectivity index (χ2n) is 17.5. The lowest BCUT2D eigenvalue weighted by atomic mass is 9.97. The fourth-order valence-electron chi connectivity index (χ4n) is 8.53. The van der Waals surface area contributed by atoms with Gasteiger partial charge in [0.25, 0.3) is 5.56 Å². The summed E-state index contributed by atoms with van der Waals surface area (Å²) in [4.78, 5) is 94.0. The number of nitrogens with one attached hydrogen (secondary N) is 1. The first-order chi connectivity index (χ1) is 32.5. The standard InChI is InChI=1S/C42H65N5O21S/c1-5-6-7-8-9-10-11-12-13-14-23(63-28(51)18-22(2)17-27(49)50)19-29(52)64-25-21-45(3)31(38(56)46(4)30(25)40(57)58)35(67-41-37(68-69(60,61)62)32(53)24(20-43)65-41)36-33(54)34(55)39(66-36)47-16-15-26(48)44-42(47)59/h10-11,15-16,22-25,30-37,39,41,53-55H,5-9,12-14,17-21,43H2,1-4H3,(H,49,50)(H,57,58)(H,44,48,59)(H,60,61,62)/b11-10-/t22-,23+,24-,25+,30+,31-,32-,33+,34-,35+,36+,37-,39-,41+/m1/s1. The molecule has 4 heterocycles. The van der Waals surface area contributed by atoms with E-state index in [2.05, 4.69) is 11.1 Å². The minimum absolute atomic E-state index is 0.160. The van der Waals surface area contributed by atoms with Gasteiger partial charge < -0.3 is 59.9 Å². The van der Waals surface area contributed by atoms with Gasteiger partial charge in [0.15, 0.2) is 24.7 Å². The molecule has 1 aromatic rings. The maximum Gasteiger partial charge on any atom is 0.397 e. The maximum atomic E-state index is 14.6. The van der Waals surface area contributed by atoms with E-state index in [0.29, 0.717) is 22.3 Å². The Morgan fingerprint density at radius 2 is 1.62 bits per heavy atom. The number of ether oxygens (including phenoxy) is 5. The van der Waals surface area contributed by atoms with Gasteiger partial charge in [-0.1, -0.05) is 45.3 Å². The Hall–Kier alpha value is -4.68. The Morgan fingerprint density at radius 1 is 0.942 bits per heavy atom. The number of carboxylic acid groups (broad SMARTS) is 2. The lowest BCUT2D eigenvalue weighted by molar-refractivity contribution is -0.230. The fourth-order valence-corrected chi connectivity index (χ4v) is 9.02. The number of nitrogens with zero attached hydrogens (tertiary/aromatic N) is 3. The molecule has 14 atom stereocenters. The van der Waals surface area contributed by atoms with Crippen LogP contribution in [-0.2, 0) is 62.2 Å². The molecule has 0 unspecified atom stereocenters. The van der Waals surface area contributed by atoms with Crippen molar-refractivity contribution in [2.45, 2.75) is 164 Å². The number of H-pyrrole nitrogens is 1. The molecule has 4 rings (SSSR count). The Morgan fingerprint density at radius 3 is 2.23 bits per heavy atom. The number of rotatable bonds is 26. The average Bonchev–Trinajstić information content (AvgIpc) is 3.67. The van der Waals surface area contributed by atoms with Crippen LogP contribution >= 0.6 is 0 Å². The zero-order chi connectivity index (χ0) is 51.3. The smallest absolute Gasteiger partial charge is 0.397 e. The lowest BCUT2D eigenvalue weighted by Crippen LogP contribution is -2.60. The molecule has 27 heteroatoms. The number of aliphatic hydroxyl groups is 3. The molecule has 3 saturated heterocycles. The molecule has 0 bridgehead atoms. The lowest BCUT2D eigenvalue weighted by Gasteiger charge is -2.38. The molecule has 1 aromatic heterocycles. The molecule has 3 fully saturated rings. The summed E-state index contributed by atoms with van der Waals surface area (Å²) >= 11 is 0. The summed E-state index contributed by atoms with van der Waals surface area (Å²) in [5, 5.41) is 53.3. The van der Waals surface area contributed by atoms with E-state index in [0.717, 1.165) is 56.3 Å². The predicted molar refractivity (Wildman–Crippen MR) is 235 cm³/mol. The van der Waals surface area contributed by atoms with Crippen LogP contribution in [0.5, 0.6) is 0 Å². The first kappa shape index (κ1) is 56.9. The van der Waals surface area contributed by atoms with Gasteiger partial charge in [0, 0.05) is 45.2 Å². The van der Waals surface area contributed by atoms with E-state index in [9.17, 15) is 72.1 Å². The second-order valence-corrected chi connectivity index (χ2v) is 18.5. The van der Waals surface area contributed by atoms with Crippen molar-refractivity contribution < 1.29 is 90.3 Å². The topological polar surface area (TPSA) is 384 Å². The number of likely N-dealkylation sites (N-methyl/N-ethyl adjacent to an activating group) is 2. The van der Waals surface area contributed by atoms with E-state index in [-0.39, 0.29) is 19.3 Å². The maximum absolute atomic E-state index is 14.6. The molecule has 26 nitrogen and oxygen atoms in total. The number of allylic oxidation sites excluding steroid dienone is 2. The number of carboxylic acids is 2. The van der Waals surface area contributed by atoms with Crippen LogP contribution in [0.25, 0.3) is 0 Å². The minimum atomic E-state index is -5.37. The summed E-state index contributed by atoms with van der Waals surface area (Å²) < 4.78 is 67.9. The number of unbranched alkanes of at least 4 members (excludes halogenated alkanes) is 5. The van der Waals surface area contributed by atoms with Gasteiger partial charge in [-0.3, -0.25) is 43.0 Å². The number of nitrogens with two attached hydrogens (primary N) is 1. The number of aromatic amines is 1. The molecule has 3 aliphatic rings. The number of aliphatic hydroxyl groups excluding tert-OH is 3. The zero-order valence-corrected chi connectivity index (χ0v) is 39.5. The van der Waals surface area contributed by atoms with E-state index >= 15 is 0 Å². The minimum Gasteiger partial charge on any atom is -0.481 e. The highest BCUT2D eigenvalue weighted by Gasteiger charge is 2.58. The zero-order valence-electron chi connectivity index (χ0n) is 38.7. The predicted octanol–water partition coefficient (Wildman–Crippen LogP) is -1.59. The molecule has 0 radical (unpaired) electrons. The third-order valence-corrected chi connectivity index (χ3v) is 12.4. The SMILES string of the molecule is CCCCCC/C=C\CCC[C@@H](CC(=O)O[C@H]1CN(C)[C@H]([C@H](O[C@@H]2O[C@H](CN)[C@@H](O)[C@H]2OS(=O)(=O)O)[C@H]2O[C@@H](n3ccc(=O)[nH]c3=O)[C@H](O)[C@@H]2O)C(=O)N(C)[C@@H]1C(=O)O)OC(=O)C[C@H](C)CC(=O)O. The second kappa shape index (κ2) is 26.0. The number of carbonyl (C=O) groups is 5. The molecule has 1 amide bonds.